The normalized spacial score (nSPS) is 15.4. The lowest BCUT2D eigenvalue weighted by molar-refractivity contribution is -0.122. The predicted molar refractivity (Wildman–Crippen MR) is 92.9 cm³/mol. The largest absolute Gasteiger partial charge is 0.497 e. The first-order valence-electron chi connectivity index (χ1n) is 8.08. The number of sulfone groups is 1. The number of carbonyl (C=O) groups is 1. The quantitative estimate of drug-likeness (QED) is 0.817. The van der Waals surface area contributed by atoms with Gasteiger partial charge in [0.25, 0.3) is 0 Å². The van der Waals surface area contributed by atoms with Crippen molar-refractivity contribution < 1.29 is 17.9 Å². The number of amides is 1. The van der Waals surface area contributed by atoms with Gasteiger partial charge < -0.3 is 10.1 Å². The van der Waals surface area contributed by atoms with Gasteiger partial charge in [0.05, 0.1) is 12.0 Å². The molecule has 0 saturated heterocycles. The van der Waals surface area contributed by atoms with Crippen LogP contribution in [-0.4, -0.2) is 33.0 Å². The number of rotatable bonds is 7. The van der Waals surface area contributed by atoms with Crippen molar-refractivity contribution in [2.75, 3.05) is 13.7 Å². The monoisotopic (exact) mass is 360 g/mol. The van der Waals surface area contributed by atoms with Crippen LogP contribution in [0.1, 0.15) is 23.7 Å². The minimum atomic E-state index is -3.69. The van der Waals surface area contributed by atoms with Gasteiger partial charge in [0.1, 0.15) is 11.0 Å². The van der Waals surface area contributed by atoms with Crippen molar-refractivity contribution in [1.82, 2.24) is 10.3 Å². The van der Waals surface area contributed by atoms with E-state index in [1.165, 1.54) is 25.4 Å². The van der Waals surface area contributed by atoms with E-state index in [0.29, 0.717) is 11.3 Å². The topological polar surface area (TPSA) is 85.4 Å². The van der Waals surface area contributed by atoms with Crippen LogP contribution >= 0.6 is 0 Å². The molecule has 25 heavy (non-hydrogen) atoms. The Hall–Kier alpha value is -2.41. The highest BCUT2D eigenvalue weighted by atomic mass is 32.2. The van der Waals surface area contributed by atoms with Gasteiger partial charge in [-0.25, -0.2) is 8.42 Å². The molecule has 0 radical (unpaired) electrons. The molecule has 7 heteroatoms. The van der Waals surface area contributed by atoms with Gasteiger partial charge in [0.2, 0.25) is 5.91 Å². The summed E-state index contributed by atoms with van der Waals surface area (Å²) in [6.07, 6.45) is 4.85. The van der Waals surface area contributed by atoms with Gasteiger partial charge in [-0.15, -0.1) is 0 Å². The summed E-state index contributed by atoms with van der Waals surface area (Å²) in [5.41, 5.74) is 0.550. The van der Waals surface area contributed by atoms with Crippen molar-refractivity contribution in [1.29, 1.82) is 0 Å². The molecule has 6 nitrogen and oxygen atoms in total. The van der Waals surface area contributed by atoms with Crippen LogP contribution in [0.4, 0.5) is 0 Å². The average molecular weight is 360 g/mol. The van der Waals surface area contributed by atoms with Crippen LogP contribution in [0.5, 0.6) is 5.75 Å². The Morgan fingerprint density at radius 2 is 2.00 bits per heavy atom. The van der Waals surface area contributed by atoms with Crippen molar-refractivity contribution in [2.45, 2.75) is 23.0 Å². The van der Waals surface area contributed by atoms with Gasteiger partial charge >= 0.3 is 0 Å². The minimum absolute atomic E-state index is 0.0232. The van der Waals surface area contributed by atoms with Crippen LogP contribution in [0.3, 0.4) is 0 Å². The van der Waals surface area contributed by atoms with Gasteiger partial charge in [-0.1, -0.05) is 6.07 Å². The number of hydrogen-bond donors (Lipinski definition) is 1. The molecule has 1 fully saturated rings. The summed E-state index contributed by atoms with van der Waals surface area (Å²) in [7, 11) is -2.17. The van der Waals surface area contributed by atoms with E-state index in [1.807, 2.05) is 0 Å². The number of nitrogens with one attached hydrogen (secondary N) is 1. The smallest absolute Gasteiger partial charge is 0.223 e. The number of carbonyl (C=O) groups excluding carboxylic acids is 1. The number of methoxy groups -OCH3 is 1. The number of aromatic nitrogens is 1. The Bertz CT molecular complexity index is 831. The first kappa shape index (κ1) is 17.4. The maximum atomic E-state index is 13.1. The summed E-state index contributed by atoms with van der Waals surface area (Å²) in [5, 5.41) is 1.88. The SMILES string of the molecule is COc1ccc(S(=O)(=O)[C@H](CNC(=O)C2CC2)c2cccnc2)cc1. The zero-order valence-corrected chi connectivity index (χ0v) is 14.7. The molecule has 132 valence electrons. The average Bonchev–Trinajstić information content (AvgIpc) is 3.48. The molecule has 3 rings (SSSR count). The van der Waals surface area contributed by atoms with E-state index < -0.39 is 15.1 Å². The molecule has 1 heterocycles. The fraction of sp³-hybridized carbons (Fsp3) is 0.333. The minimum Gasteiger partial charge on any atom is -0.497 e. The Morgan fingerprint density at radius 1 is 1.28 bits per heavy atom. The lowest BCUT2D eigenvalue weighted by Crippen LogP contribution is -2.32. The van der Waals surface area contributed by atoms with Crippen LogP contribution in [0.2, 0.25) is 0 Å². The number of hydrogen-bond acceptors (Lipinski definition) is 5. The molecular weight excluding hydrogens is 340 g/mol. The highest BCUT2D eigenvalue weighted by molar-refractivity contribution is 7.91. The molecule has 2 aromatic rings. The summed E-state index contributed by atoms with van der Waals surface area (Å²) >= 11 is 0. The maximum Gasteiger partial charge on any atom is 0.223 e. The fourth-order valence-corrected chi connectivity index (χ4v) is 4.23. The zero-order valence-electron chi connectivity index (χ0n) is 13.9. The highest BCUT2D eigenvalue weighted by Crippen LogP contribution is 2.31. The highest BCUT2D eigenvalue weighted by Gasteiger charge is 2.33. The van der Waals surface area contributed by atoms with Gasteiger partial charge in [-0.05, 0) is 48.7 Å². The van der Waals surface area contributed by atoms with Crippen molar-refractivity contribution >= 4 is 15.7 Å². The second-order valence-electron chi connectivity index (χ2n) is 6.01. The second kappa shape index (κ2) is 7.23. The van der Waals surface area contributed by atoms with Crippen LogP contribution < -0.4 is 10.1 Å². The number of pyridine rings is 1. The van der Waals surface area contributed by atoms with Gasteiger partial charge in [-0.3, -0.25) is 9.78 Å². The standard InChI is InChI=1S/C18H20N2O4S/c1-24-15-6-8-16(9-7-15)25(22,23)17(14-3-2-10-19-11-14)12-20-18(21)13-4-5-13/h2-3,6-11,13,17H,4-5,12H2,1H3,(H,20,21)/t17-/m1/s1. The van der Waals surface area contributed by atoms with Gasteiger partial charge in [0.15, 0.2) is 9.84 Å². The molecule has 1 aliphatic rings. The third-order valence-corrected chi connectivity index (χ3v) is 6.35. The molecule has 0 aliphatic heterocycles. The Kier molecular flexibility index (Phi) is 5.03. The zero-order chi connectivity index (χ0) is 17.9. The molecule has 1 aliphatic carbocycles. The second-order valence-corrected chi connectivity index (χ2v) is 8.15. The molecule has 1 saturated carbocycles. The molecule has 1 atom stereocenters. The number of ether oxygens (including phenoxy) is 1. The van der Waals surface area contributed by atoms with Crippen LogP contribution in [-0.2, 0) is 14.6 Å². The Labute approximate surface area is 147 Å². The summed E-state index contributed by atoms with van der Waals surface area (Å²) in [4.78, 5) is 16.2. The predicted octanol–water partition coefficient (Wildman–Crippen LogP) is 2.13. The van der Waals surface area contributed by atoms with Gasteiger partial charge in [-0.2, -0.15) is 0 Å². The van der Waals surface area contributed by atoms with E-state index >= 15 is 0 Å². The summed E-state index contributed by atoms with van der Waals surface area (Å²) in [6.45, 7) is 0.0232. The van der Waals surface area contributed by atoms with Crippen LogP contribution in [0.15, 0.2) is 53.7 Å². The molecule has 0 unspecified atom stereocenters. The summed E-state index contributed by atoms with van der Waals surface area (Å²) < 4.78 is 31.3. The lowest BCUT2D eigenvalue weighted by atomic mass is 10.2. The molecule has 1 aromatic carbocycles. The fourth-order valence-electron chi connectivity index (χ4n) is 2.59. The van der Waals surface area contributed by atoms with Crippen molar-refractivity contribution in [3.63, 3.8) is 0 Å². The number of nitrogens with zero attached hydrogens (tertiary/aromatic N) is 1. The third-order valence-electron chi connectivity index (χ3n) is 4.23. The van der Waals surface area contributed by atoms with E-state index in [9.17, 15) is 13.2 Å². The van der Waals surface area contributed by atoms with Crippen molar-refractivity contribution in [3.8, 4) is 5.75 Å². The molecule has 0 spiro atoms. The molecule has 1 amide bonds. The lowest BCUT2D eigenvalue weighted by Gasteiger charge is -2.19. The van der Waals surface area contributed by atoms with Gasteiger partial charge in [0, 0.05) is 24.9 Å². The molecule has 1 N–H and O–H groups in total. The first-order chi connectivity index (χ1) is 12.0. The number of benzene rings is 1. The molecule has 1 aromatic heterocycles. The molecule has 0 bridgehead atoms. The van der Waals surface area contributed by atoms with E-state index in [0.717, 1.165) is 12.8 Å². The van der Waals surface area contributed by atoms with Crippen molar-refractivity contribution in [3.05, 3.63) is 54.4 Å². The third kappa shape index (κ3) is 3.99. The Morgan fingerprint density at radius 3 is 2.56 bits per heavy atom. The molecular formula is C18H20N2O4S. The maximum absolute atomic E-state index is 13.1. The van der Waals surface area contributed by atoms with E-state index in [2.05, 4.69) is 10.3 Å². The van der Waals surface area contributed by atoms with Crippen LogP contribution in [0.25, 0.3) is 0 Å². The van der Waals surface area contributed by atoms with E-state index in [1.54, 1.807) is 30.5 Å². The van der Waals surface area contributed by atoms with E-state index in [-0.39, 0.29) is 23.3 Å². The van der Waals surface area contributed by atoms with Crippen LogP contribution in [0, 0.1) is 5.92 Å². The summed E-state index contributed by atoms with van der Waals surface area (Å²) in [5.74, 6) is 0.524. The first-order valence-corrected chi connectivity index (χ1v) is 9.62. The summed E-state index contributed by atoms with van der Waals surface area (Å²) in [6, 6.07) is 9.64. The Balaban J connectivity index is 1.89. The van der Waals surface area contributed by atoms with E-state index in [4.69, 9.17) is 4.74 Å². The van der Waals surface area contributed by atoms with Crippen molar-refractivity contribution in [2.24, 2.45) is 5.92 Å².